The molecule has 1 heterocycles. The molecule has 0 aromatic carbocycles. The second-order valence-electron chi connectivity index (χ2n) is 3.66. The van der Waals surface area contributed by atoms with E-state index in [1.54, 1.807) is 13.8 Å². The topological polar surface area (TPSA) is 16.1 Å². The van der Waals surface area contributed by atoms with Crippen LogP contribution in [0.25, 0.3) is 0 Å². The summed E-state index contributed by atoms with van der Waals surface area (Å²) in [5.74, 6) is -0.794. The molecule has 0 unspecified atom stereocenters. The summed E-state index contributed by atoms with van der Waals surface area (Å²) < 4.78 is 49.7. The quantitative estimate of drug-likeness (QED) is 0.592. The fourth-order valence-electron chi connectivity index (χ4n) is 1.28. The maximum absolute atomic E-state index is 12.8. The van der Waals surface area contributed by atoms with Crippen LogP contribution in [0.2, 0.25) is 0 Å². The Morgan fingerprint density at radius 1 is 1.31 bits per heavy atom. The summed E-state index contributed by atoms with van der Waals surface area (Å²) in [5.41, 5.74) is 0. The van der Waals surface area contributed by atoms with E-state index in [4.69, 9.17) is 0 Å². The molecule has 0 bridgehead atoms. The average molecular weight is 236 g/mol. The van der Waals surface area contributed by atoms with Gasteiger partial charge in [0.25, 0.3) is 0 Å². The number of nitrogens with zero attached hydrogens (tertiary/aromatic N) is 2. The van der Waals surface area contributed by atoms with Crippen LogP contribution in [-0.4, -0.2) is 23.7 Å². The molecule has 1 aromatic heterocycles. The van der Waals surface area contributed by atoms with Gasteiger partial charge in [-0.3, -0.25) is 0 Å². The zero-order valence-corrected chi connectivity index (χ0v) is 8.92. The highest BCUT2D eigenvalue weighted by Gasteiger charge is 2.32. The van der Waals surface area contributed by atoms with Crippen molar-refractivity contribution in [1.29, 1.82) is 0 Å². The van der Waals surface area contributed by atoms with Gasteiger partial charge in [0.05, 0.1) is 0 Å². The van der Waals surface area contributed by atoms with Crippen LogP contribution in [0.15, 0.2) is 18.2 Å². The Kier molecular flexibility index (Phi) is 3.72. The van der Waals surface area contributed by atoms with Crippen LogP contribution < -0.4 is 4.90 Å². The van der Waals surface area contributed by atoms with Gasteiger partial charge in [-0.25, -0.2) is 4.98 Å². The highest BCUT2D eigenvalue weighted by Crippen LogP contribution is 2.22. The summed E-state index contributed by atoms with van der Waals surface area (Å²) in [5, 5.41) is 0. The van der Waals surface area contributed by atoms with E-state index in [2.05, 4.69) is 4.98 Å². The molecule has 6 heteroatoms. The minimum Gasteiger partial charge on any atom is -0.345 e. The maximum Gasteiger partial charge on any atom is 0.405 e. The van der Waals surface area contributed by atoms with Crippen LogP contribution in [0, 0.1) is 5.95 Å². The lowest BCUT2D eigenvalue weighted by Gasteiger charge is -2.28. The Morgan fingerprint density at radius 3 is 2.38 bits per heavy atom. The lowest BCUT2D eigenvalue weighted by Crippen LogP contribution is -2.39. The van der Waals surface area contributed by atoms with Crippen molar-refractivity contribution < 1.29 is 17.6 Å². The van der Waals surface area contributed by atoms with Crippen molar-refractivity contribution in [3.8, 4) is 0 Å². The summed E-state index contributed by atoms with van der Waals surface area (Å²) in [6, 6.07) is 3.38. The normalized spacial score (nSPS) is 11.9. The fourth-order valence-corrected chi connectivity index (χ4v) is 1.28. The first-order valence-corrected chi connectivity index (χ1v) is 4.75. The zero-order chi connectivity index (χ0) is 12.3. The van der Waals surface area contributed by atoms with Crippen molar-refractivity contribution in [3.05, 3.63) is 24.1 Å². The summed E-state index contributed by atoms with van der Waals surface area (Å²) in [6.07, 6.45) is -4.34. The molecule has 16 heavy (non-hydrogen) atoms. The summed E-state index contributed by atoms with van der Waals surface area (Å²) in [4.78, 5) is 4.44. The lowest BCUT2D eigenvalue weighted by atomic mass is 10.3. The predicted molar refractivity (Wildman–Crippen MR) is 52.7 cm³/mol. The van der Waals surface area contributed by atoms with Crippen molar-refractivity contribution in [2.24, 2.45) is 0 Å². The van der Waals surface area contributed by atoms with E-state index in [0.29, 0.717) is 0 Å². The van der Waals surface area contributed by atoms with Crippen molar-refractivity contribution in [2.45, 2.75) is 26.1 Å². The molecule has 1 rings (SSSR count). The van der Waals surface area contributed by atoms with E-state index in [1.807, 2.05) is 0 Å². The molecule has 0 spiro atoms. The molecule has 0 atom stereocenters. The summed E-state index contributed by atoms with van der Waals surface area (Å²) in [7, 11) is 0. The third-order valence-corrected chi connectivity index (χ3v) is 1.97. The number of rotatable bonds is 3. The van der Waals surface area contributed by atoms with Gasteiger partial charge in [-0.15, -0.1) is 0 Å². The molecule has 90 valence electrons. The van der Waals surface area contributed by atoms with Gasteiger partial charge in [-0.1, -0.05) is 6.07 Å². The molecular weight excluding hydrogens is 224 g/mol. The highest BCUT2D eigenvalue weighted by molar-refractivity contribution is 5.39. The Morgan fingerprint density at radius 2 is 1.94 bits per heavy atom. The fraction of sp³-hybridized carbons (Fsp3) is 0.500. The Bertz CT molecular complexity index is 349. The lowest BCUT2D eigenvalue weighted by molar-refractivity contribution is -0.120. The second kappa shape index (κ2) is 4.67. The molecule has 0 saturated carbocycles. The first-order valence-electron chi connectivity index (χ1n) is 4.75. The smallest absolute Gasteiger partial charge is 0.345 e. The predicted octanol–water partition coefficient (Wildman–Crippen LogP) is 3.00. The number of aromatic nitrogens is 1. The van der Waals surface area contributed by atoms with Gasteiger partial charge >= 0.3 is 6.18 Å². The van der Waals surface area contributed by atoms with Crippen LogP contribution in [0.5, 0.6) is 0 Å². The molecule has 0 fully saturated rings. The monoisotopic (exact) mass is 236 g/mol. The summed E-state index contributed by atoms with van der Waals surface area (Å²) in [6.45, 7) is 2.05. The Balaban J connectivity index is 2.94. The van der Waals surface area contributed by atoms with E-state index in [1.165, 1.54) is 12.1 Å². The van der Waals surface area contributed by atoms with Crippen LogP contribution in [0.4, 0.5) is 23.4 Å². The van der Waals surface area contributed by atoms with Crippen molar-refractivity contribution in [3.63, 3.8) is 0 Å². The van der Waals surface area contributed by atoms with Crippen molar-refractivity contribution >= 4 is 5.82 Å². The van der Waals surface area contributed by atoms with Gasteiger partial charge in [-0.2, -0.15) is 17.6 Å². The molecule has 0 N–H and O–H groups in total. The molecule has 0 aliphatic carbocycles. The van der Waals surface area contributed by atoms with Crippen LogP contribution in [-0.2, 0) is 0 Å². The molecule has 0 radical (unpaired) electrons. The maximum atomic E-state index is 12.8. The van der Waals surface area contributed by atoms with Gasteiger partial charge in [0.2, 0.25) is 5.95 Å². The Hall–Kier alpha value is -1.33. The van der Waals surface area contributed by atoms with E-state index in [0.717, 1.165) is 11.0 Å². The minimum absolute atomic E-state index is 0.00711. The molecule has 1 aromatic rings. The summed E-state index contributed by atoms with van der Waals surface area (Å²) >= 11 is 0. The second-order valence-corrected chi connectivity index (χ2v) is 3.66. The van der Waals surface area contributed by atoms with E-state index in [-0.39, 0.29) is 5.82 Å². The zero-order valence-electron chi connectivity index (χ0n) is 8.92. The number of hydrogen-bond acceptors (Lipinski definition) is 2. The molecule has 0 aliphatic rings. The molecular formula is C10H12F4N2. The minimum atomic E-state index is -4.34. The number of hydrogen-bond donors (Lipinski definition) is 0. The molecule has 0 saturated heterocycles. The molecule has 0 amide bonds. The van der Waals surface area contributed by atoms with Crippen LogP contribution in [0.1, 0.15) is 13.8 Å². The Labute approximate surface area is 90.9 Å². The number of alkyl halides is 3. The van der Waals surface area contributed by atoms with E-state index >= 15 is 0 Å². The van der Waals surface area contributed by atoms with Crippen molar-refractivity contribution in [1.82, 2.24) is 4.98 Å². The standard InChI is InChI=1S/C10H12F4N2/c1-7(2)16(6-10(12,13)14)9-5-3-4-8(11)15-9/h3-5,7H,6H2,1-2H3. The molecule has 0 aliphatic heterocycles. The van der Waals surface area contributed by atoms with E-state index in [9.17, 15) is 17.6 Å². The molecule has 2 nitrogen and oxygen atoms in total. The largest absolute Gasteiger partial charge is 0.405 e. The van der Waals surface area contributed by atoms with Gasteiger partial charge in [-0.05, 0) is 26.0 Å². The number of anilines is 1. The SMILES string of the molecule is CC(C)N(CC(F)(F)F)c1cccc(F)n1. The van der Waals surface area contributed by atoms with Gasteiger partial charge < -0.3 is 4.90 Å². The average Bonchev–Trinajstić information content (AvgIpc) is 2.12. The van der Waals surface area contributed by atoms with E-state index < -0.39 is 24.7 Å². The van der Waals surface area contributed by atoms with Gasteiger partial charge in [0.15, 0.2) is 0 Å². The highest BCUT2D eigenvalue weighted by atomic mass is 19.4. The third-order valence-electron chi connectivity index (χ3n) is 1.97. The van der Waals surface area contributed by atoms with Gasteiger partial charge in [0.1, 0.15) is 12.4 Å². The van der Waals surface area contributed by atoms with Gasteiger partial charge in [0, 0.05) is 6.04 Å². The third kappa shape index (κ3) is 3.67. The number of halogens is 4. The number of pyridine rings is 1. The van der Waals surface area contributed by atoms with Crippen LogP contribution >= 0.6 is 0 Å². The first kappa shape index (κ1) is 12.7. The first-order chi connectivity index (χ1) is 7.29. The van der Waals surface area contributed by atoms with Crippen molar-refractivity contribution in [2.75, 3.05) is 11.4 Å². The van der Waals surface area contributed by atoms with Crippen LogP contribution in [0.3, 0.4) is 0 Å².